The highest BCUT2D eigenvalue weighted by atomic mass is 16.3. The van der Waals surface area contributed by atoms with Crippen molar-refractivity contribution in [3.63, 3.8) is 0 Å². The second-order valence-corrected chi connectivity index (χ2v) is 5.29. The van der Waals surface area contributed by atoms with Gasteiger partial charge < -0.3 is 5.11 Å². The van der Waals surface area contributed by atoms with Gasteiger partial charge in [-0.15, -0.1) is 0 Å². The van der Waals surface area contributed by atoms with E-state index in [0.29, 0.717) is 12.0 Å². The van der Waals surface area contributed by atoms with E-state index < -0.39 is 0 Å². The Morgan fingerprint density at radius 1 is 1.28 bits per heavy atom. The van der Waals surface area contributed by atoms with Crippen molar-refractivity contribution >= 4 is 0 Å². The summed E-state index contributed by atoms with van der Waals surface area (Å²) in [6.07, 6.45) is 3.55. The van der Waals surface area contributed by atoms with Crippen molar-refractivity contribution in [2.45, 2.75) is 45.1 Å². The smallest absolute Gasteiger partial charge is 0.0558 e. The summed E-state index contributed by atoms with van der Waals surface area (Å²) in [4.78, 5) is 2.47. The summed E-state index contributed by atoms with van der Waals surface area (Å²) in [5.74, 6) is 0.674. The van der Waals surface area contributed by atoms with Crippen molar-refractivity contribution in [3.05, 3.63) is 35.4 Å². The Kier molecular flexibility index (Phi) is 4.79. The van der Waals surface area contributed by atoms with Gasteiger partial charge in [0.25, 0.3) is 0 Å². The van der Waals surface area contributed by atoms with Crippen LogP contribution in [0.3, 0.4) is 0 Å². The highest BCUT2D eigenvalue weighted by molar-refractivity contribution is 5.40. The number of benzene rings is 1. The van der Waals surface area contributed by atoms with Gasteiger partial charge in [0.15, 0.2) is 0 Å². The number of nitrogens with zero attached hydrogens (tertiary/aromatic N) is 1. The van der Waals surface area contributed by atoms with Crippen LogP contribution in [0.4, 0.5) is 0 Å². The van der Waals surface area contributed by atoms with Crippen LogP contribution < -0.4 is 0 Å². The quantitative estimate of drug-likeness (QED) is 0.801. The summed E-state index contributed by atoms with van der Waals surface area (Å²) in [5.41, 5.74) is 3.03. The highest BCUT2D eigenvalue weighted by Gasteiger charge is 2.28. The van der Waals surface area contributed by atoms with Crippen LogP contribution in [0.15, 0.2) is 24.3 Å². The Balaban J connectivity index is 1.99. The molecule has 0 saturated carbocycles. The van der Waals surface area contributed by atoms with Crippen molar-refractivity contribution < 1.29 is 5.11 Å². The molecule has 2 nitrogen and oxygen atoms in total. The number of aliphatic hydroxyl groups is 1. The lowest BCUT2D eigenvalue weighted by Gasteiger charge is -2.38. The molecule has 18 heavy (non-hydrogen) atoms. The van der Waals surface area contributed by atoms with Gasteiger partial charge in [-0.05, 0) is 30.4 Å². The zero-order valence-corrected chi connectivity index (χ0v) is 11.6. The van der Waals surface area contributed by atoms with Crippen LogP contribution >= 0.6 is 0 Å². The molecule has 0 heterocycles. The molecule has 0 saturated heterocycles. The molecule has 1 aliphatic carbocycles. The first kappa shape index (κ1) is 13.6. The van der Waals surface area contributed by atoms with Crippen LogP contribution in [-0.2, 0) is 6.42 Å². The van der Waals surface area contributed by atoms with Gasteiger partial charge in [0.2, 0.25) is 0 Å². The zero-order valence-electron chi connectivity index (χ0n) is 11.6. The van der Waals surface area contributed by atoms with E-state index in [1.165, 1.54) is 30.4 Å². The molecule has 100 valence electrons. The molecule has 2 rings (SSSR count). The first-order valence-corrected chi connectivity index (χ1v) is 7.22. The first-order valence-electron chi connectivity index (χ1n) is 7.22. The molecule has 0 radical (unpaired) electrons. The van der Waals surface area contributed by atoms with Crippen LogP contribution in [0.5, 0.6) is 0 Å². The fraction of sp³-hybridized carbons (Fsp3) is 0.625. The van der Waals surface area contributed by atoms with Crippen LogP contribution in [0.2, 0.25) is 0 Å². The average Bonchev–Trinajstić information content (AvgIpc) is 2.37. The summed E-state index contributed by atoms with van der Waals surface area (Å²) in [5, 5.41) is 9.23. The van der Waals surface area contributed by atoms with E-state index in [4.69, 9.17) is 0 Å². The van der Waals surface area contributed by atoms with Gasteiger partial charge in [-0.3, -0.25) is 4.90 Å². The van der Waals surface area contributed by atoms with Gasteiger partial charge in [-0.25, -0.2) is 0 Å². The average molecular weight is 247 g/mol. The Hall–Kier alpha value is -0.860. The Labute approximate surface area is 111 Å². The molecule has 1 N–H and O–H groups in total. The fourth-order valence-electron chi connectivity index (χ4n) is 3.17. The minimum Gasteiger partial charge on any atom is -0.395 e. The number of hydrogen-bond donors (Lipinski definition) is 1. The van der Waals surface area contributed by atoms with Gasteiger partial charge in [0.1, 0.15) is 0 Å². The Morgan fingerprint density at radius 3 is 2.61 bits per heavy atom. The first-order chi connectivity index (χ1) is 8.80. The van der Waals surface area contributed by atoms with Gasteiger partial charge in [0.05, 0.1) is 6.61 Å². The summed E-state index contributed by atoms with van der Waals surface area (Å²) in [6.45, 7) is 6.67. The molecule has 1 atom stereocenters. The lowest BCUT2D eigenvalue weighted by atomic mass is 9.77. The third-order valence-electron chi connectivity index (χ3n) is 4.26. The van der Waals surface area contributed by atoms with Crippen molar-refractivity contribution in [2.24, 2.45) is 0 Å². The van der Waals surface area contributed by atoms with E-state index in [1.54, 1.807) is 0 Å². The molecule has 2 heteroatoms. The largest absolute Gasteiger partial charge is 0.395 e. The van der Waals surface area contributed by atoms with Crippen LogP contribution in [0.1, 0.15) is 43.7 Å². The van der Waals surface area contributed by atoms with Crippen LogP contribution in [0, 0.1) is 0 Å². The number of fused-ring (bicyclic) bond motifs is 1. The maximum absolute atomic E-state index is 9.23. The van der Waals surface area contributed by atoms with E-state index in [2.05, 4.69) is 43.0 Å². The standard InChI is InChI=1S/C16H25NO/c1-3-15(4-2)17(9-10-18)12-14-11-13-7-5-6-8-16(13)14/h5-8,14-15,18H,3-4,9-12H2,1-2H3. The topological polar surface area (TPSA) is 23.5 Å². The molecule has 0 bridgehead atoms. The lowest BCUT2D eigenvalue weighted by molar-refractivity contribution is 0.132. The Bertz CT molecular complexity index is 373. The lowest BCUT2D eigenvalue weighted by Crippen LogP contribution is -2.41. The van der Waals surface area contributed by atoms with Crippen molar-refractivity contribution in [1.29, 1.82) is 0 Å². The zero-order chi connectivity index (χ0) is 13.0. The third-order valence-corrected chi connectivity index (χ3v) is 4.26. The maximum Gasteiger partial charge on any atom is 0.0558 e. The minimum absolute atomic E-state index is 0.269. The number of aliphatic hydroxyl groups excluding tert-OH is 1. The summed E-state index contributed by atoms with van der Waals surface area (Å²) < 4.78 is 0. The Morgan fingerprint density at radius 2 is 2.00 bits per heavy atom. The summed E-state index contributed by atoms with van der Waals surface area (Å²) >= 11 is 0. The predicted octanol–water partition coefficient (Wildman–Crippen LogP) is 2.81. The van der Waals surface area contributed by atoms with Gasteiger partial charge in [0, 0.05) is 25.0 Å². The molecule has 0 amide bonds. The van der Waals surface area contributed by atoms with Crippen LogP contribution in [0.25, 0.3) is 0 Å². The molecule has 1 unspecified atom stereocenters. The number of hydrogen-bond acceptors (Lipinski definition) is 2. The predicted molar refractivity (Wildman–Crippen MR) is 75.9 cm³/mol. The van der Waals surface area contributed by atoms with Crippen LogP contribution in [-0.4, -0.2) is 35.7 Å². The second kappa shape index (κ2) is 6.35. The van der Waals surface area contributed by atoms with E-state index in [9.17, 15) is 5.11 Å². The van der Waals surface area contributed by atoms with E-state index in [-0.39, 0.29) is 6.61 Å². The summed E-state index contributed by atoms with van der Waals surface area (Å²) in [6, 6.07) is 9.37. The van der Waals surface area contributed by atoms with Gasteiger partial charge in [-0.2, -0.15) is 0 Å². The molecule has 0 fully saturated rings. The van der Waals surface area contributed by atoms with Gasteiger partial charge in [-0.1, -0.05) is 38.1 Å². The summed E-state index contributed by atoms with van der Waals surface area (Å²) in [7, 11) is 0. The monoisotopic (exact) mass is 247 g/mol. The molecule has 0 aliphatic heterocycles. The van der Waals surface area contributed by atoms with Crippen molar-refractivity contribution in [3.8, 4) is 0 Å². The molecule has 1 aromatic carbocycles. The molecule has 0 spiro atoms. The molecular weight excluding hydrogens is 222 g/mol. The molecule has 1 aromatic rings. The van der Waals surface area contributed by atoms with Gasteiger partial charge >= 0.3 is 0 Å². The SMILES string of the molecule is CCC(CC)N(CCO)CC1Cc2ccccc21. The van der Waals surface area contributed by atoms with E-state index >= 15 is 0 Å². The highest BCUT2D eigenvalue weighted by Crippen LogP contribution is 2.35. The number of rotatable bonds is 7. The third kappa shape index (κ3) is 2.76. The fourth-order valence-corrected chi connectivity index (χ4v) is 3.17. The minimum atomic E-state index is 0.269. The van der Waals surface area contributed by atoms with E-state index in [1.807, 2.05) is 0 Å². The molecule has 1 aliphatic rings. The molecular formula is C16H25NO. The van der Waals surface area contributed by atoms with Crippen molar-refractivity contribution in [2.75, 3.05) is 19.7 Å². The molecule has 0 aromatic heterocycles. The second-order valence-electron chi connectivity index (χ2n) is 5.29. The normalized spacial score (nSPS) is 17.9. The maximum atomic E-state index is 9.23. The van der Waals surface area contributed by atoms with Crippen molar-refractivity contribution in [1.82, 2.24) is 4.90 Å². The van der Waals surface area contributed by atoms with E-state index in [0.717, 1.165) is 13.1 Å².